The molecule has 0 saturated heterocycles. The molecular weight excluding hydrogens is 481 g/mol. The molecule has 1 heterocycles. The van der Waals surface area contributed by atoms with Gasteiger partial charge in [0.15, 0.2) is 6.10 Å². The Balaban J connectivity index is 2.13. The average Bonchev–Trinajstić information content (AvgIpc) is 2.69. The van der Waals surface area contributed by atoms with Gasteiger partial charge in [-0.25, -0.2) is 4.79 Å². The molecule has 1 saturated carbocycles. The Bertz CT molecular complexity index is 827. The number of aliphatic hydroxyl groups is 1. The van der Waals surface area contributed by atoms with Gasteiger partial charge in [0.05, 0.1) is 12.0 Å². The molecule has 1 amide bonds. The molecule has 1 aliphatic carbocycles. The van der Waals surface area contributed by atoms with Crippen LogP contribution in [0.2, 0.25) is 0 Å². The lowest BCUT2D eigenvalue weighted by molar-refractivity contribution is -0.153. The Labute approximate surface area is 187 Å². The van der Waals surface area contributed by atoms with Crippen LogP contribution in [0, 0.1) is 17.4 Å². The van der Waals surface area contributed by atoms with Gasteiger partial charge in [-0.15, -0.1) is 0 Å². The SMILES string of the molecule is CCOC(=O)[C@@H](O)c1c(C)c2c(c(C)c1I)CN(C1CCCCC1)C(=O)C2(C)C. The number of amides is 1. The molecular formula is C23H32INO4. The third kappa shape index (κ3) is 3.82. The van der Waals surface area contributed by atoms with Gasteiger partial charge < -0.3 is 14.7 Å². The predicted octanol–water partition coefficient (Wildman–Crippen LogP) is 4.46. The van der Waals surface area contributed by atoms with Crippen LogP contribution in [0.3, 0.4) is 0 Å². The zero-order chi connectivity index (χ0) is 21.5. The lowest BCUT2D eigenvalue weighted by Crippen LogP contribution is -2.53. The number of fused-ring (bicyclic) bond motifs is 1. The summed E-state index contributed by atoms with van der Waals surface area (Å²) < 4.78 is 5.94. The number of rotatable bonds is 4. The molecule has 29 heavy (non-hydrogen) atoms. The third-order valence-corrected chi connectivity index (χ3v) is 8.04. The first-order valence-electron chi connectivity index (χ1n) is 10.6. The van der Waals surface area contributed by atoms with E-state index >= 15 is 0 Å². The molecule has 1 aliphatic heterocycles. The largest absolute Gasteiger partial charge is 0.464 e. The Morgan fingerprint density at radius 2 is 1.86 bits per heavy atom. The van der Waals surface area contributed by atoms with E-state index < -0.39 is 17.5 Å². The first-order chi connectivity index (χ1) is 13.6. The van der Waals surface area contributed by atoms with Gasteiger partial charge >= 0.3 is 5.97 Å². The summed E-state index contributed by atoms with van der Waals surface area (Å²) in [5.41, 5.74) is 3.89. The molecule has 160 valence electrons. The minimum atomic E-state index is -1.34. The Morgan fingerprint density at radius 1 is 1.24 bits per heavy atom. The molecule has 5 nitrogen and oxygen atoms in total. The molecule has 2 aliphatic rings. The molecule has 0 aromatic heterocycles. The first kappa shape index (κ1) is 22.5. The monoisotopic (exact) mass is 513 g/mol. The van der Waals surface area contributed by atoms with E-state index in [2.05, 4.69) is 27.5 Å². The summed E-state index contributed by atoms with van der Waals surface area (Å²) in [6.07, 6.45) is 4.43. The highest BCUT2D eigenvalue weighted by Gasteiger charge is 2.45. The predicted molar refractivity (Wildman–Crippen MR) is 121 cm³/mol. The summed E-state index contributed by atoms with van der Waals surface area (Å²) in [5.74, 6) is -0.492. The summed E-state index contributed by atoms with van der Waals surface area (Å²) in [7, 11) is 0. The highest BCUT2D eigenvalue weighted by atomic mass is 127. The molecule has 0 spiro atoms. The van der Waals surface area contributed by atoms with Crippen molar-refractivity contribution in [3.05, 3.63) is 31.4 Å². The maximum absolute atomic E-state index is 13.5. The topological polar surface area (TPSA) is 66.8 Å². The number of hydrogen-bond acceptors (Lipinski definition) is 4. The van der Waals surface area contributed by atoms with Gasteiger partial charge in [-0.3, -0.25) is 4.79 Å². The van der Waals surface area contributed by atoms with Gasteiger partial charge in [0.2, 0.25) is 5.91 Å². The number of carbonyl (C=O) groups is 2. The average molecular weight is 513 g/mol. The molecule has 0 radical (unpaired) electrons. The molecule has 3 rings (SSSR count). The normalized spacial score (nSPS) is 20.4. The van der Waals surface area contributed by atoms with Crippen molar-refractivity contribution in [2.24, 2.45) is 0 Å². The van der Waals surface area contributed by atoms with E-state index in [4.69, 9.17) is 4.74 Å². The van der Waals surface area contributed by atoms with Crippen LogP contribution in [0.1, 0.15) is 86.8 Å². The van der Waals surface area contributed by atoms with E-state index in [1.807, 2.05) is 27.7 Å². The van der Waals surface area contributed by atoms with Gasteiger partial charge in [0, 0.05) is 21.7 Å². The number of carbonyl (C=O) groups excluding carboxylic acids is 2. The van der Waals surface area contributed by atoms with Gasteiger partial charge in [0.25, 0.3) is 0 Å². The van der Waals surface area contributed by atoms with Crippen molar-refractivity contribution in [1.29, 1.82) is 0 Å². The lowest BCUT2D eigenvalue weighted by Gasteiger charge is -2.46. The first-order valence-corrected chi connectivity index (χ1v) is 11.7. The summed E-state index contributed by atoms with van der Waals surface area (Å²) in [5, 5.41) is 10.7. The van der Waals surface area contributed by atoms with Crippen LogP contribution in [0.5, 0.6) is 0 Å². The Kier molecular flexibility index (Phi) is 6.63. The van der Waals surface area contributed by atoms with Crippen molar-refractivity contribution in [2.75, 3.05) is 6.61 Å². The minimum Gasteiger partial charge on any atom is -0.464 e. The fourth-order valence-electron chi connectivity index (χ4n) is 5.15. The van der Waals surface area contributed by atoms with Crippen LogP contribution in [0.15, 0.2) is 0 Å². The van der Waals surface area contributed by atoms with E-state index in [-0.39, 0.29) is 12.5 Å². The maximum atomic E-state index is 13.5. The van der Waals surface area contributed by atoms with Crippen molar-refractivity contribution < 1.29 is 19.4 Å². The van der Waals surface area contributed by atoms with E-state index in [9.17, 15) is 14.7 Å². The quantitative estimate of drug-likeness (QED) is 0.477. The number of hydrogen-bond donors (Lipinski definition) is 1. The number of esters is 1. The smallest absolute Gasteiger partial charge is 0.339 e. The van der Waals surface area contributed by atoms with Gasteiger partial charge in [-0.2, -0.15) is 0 Å². The molecule has 1 aromatic carbocycles. The van der Waals surface area contributed by atoms with Gasteiger partial charge in [0.1, 0.15) is 0 Å². The van der Waals surface area contributed by atoms with Crippen molar-refractivity contribution in [3.8, 4) is 0 Å². The molecule has 1 atom stereocenters. The highest BCUT2D eigenvalue weighted by Crippen LogP contribution is 2.44. The molecule has 1 aromatic rings. The van der Waals surface area contributed by atoms with E-state index in [0.717, 1.165) is 33.1 Å². The summed E-state index contributed by atoms with van der Waals surface area (Å²) in [4.78, 5) is 27.9. The van der Waals surface area contributed by atoms with Crippen LogP contribution in [0.25, 0.3) is 0 Å². The Hall–Kier alpha value is -1.15. The minimum absolute atomic E-state index is 0.150. The van der Waals surface area contributed by atoms with Gasteiger partial charge in [-0.1, -0.05) is 19.3 Å². The lowest BCUT2D eigenvalue weighted by atomic mass is 9.71. The van der Waals surface area contributed by atoms with Crippen LogP contribution in [-0.2, 0) is 26.3 Å². The number of aliphatic hydroxyl groups excluding tert-OH is 1. The van der Waals surface area contributed by atoms with Crippen molar-refractivity contribution >= 4 is 34.5 Å². The van der Waals surface area contributed by atoms with E-state index in [1.54, 1.807) is 6.92 Å². The number of nitrogens with zero attached hydrogens (tertiary/aromatic N) is 1. The van der Waals surface area contributed by atoms with E-state index in [1.165, 1.54) is 24.8 Å². The molecule has 6 heteroatoms. The molecule has 0 unspecified atom stereocenters. The van der Waals surface area contributed by atoms with Crippen molar-refractivity contribution in [3.63, 3.8) is 0 Å². The maximum Gasteiger partial charge on any atom is 0.339 e. The van der Waals surface area contributed by atoms with Crippen LogP contribution < -0.4 is 0 Å². The second kappa shape index (κ2) is 8.53. The summed E-state index contributed by atoms with van der Waals surface area (Å²) in [6.45, 7) is 10.5. The van der Waals surface area contributed by atoms with Gasteiger partial charge in [-0.05, 0) is 92.3 Å². The molecule has 1 fully saturated rings. The van der Waals surface area contributed by atoms with Crippen LogP contribution in [-0.4, -0.2) is 34.5 Å². The number of benzene rings is 1. The highest BCUT2D eigenvalue weighted by molar-refractivity contribution is 14.1. The van der Waals surface area contributed by atoms with Crippen molar-refractivity contribution in [1.82, 2.24) is 4.90 Å². The summed E-state index contributed by atoms with van der Waals surface area (Å²) in [6, 6.07) is 0.311. The fraction of sp³-hybridized carbons (Fsp3) is 0.652. The Morgan fingerprint density at radius 3 is 2.45 bits per heavy atom. The molecule has 1 N–H and O–H groups in total. The second-order valence-corrected chi connectivity index (χ2v) is 9.91. The zero-order valence-electron chi connectivity index (χ0n) is 18.1. The number of halogens is 1. The fourth-order valence-corrected chi connectivity index (χ4v) is 6.18. The third-order valence-electron chi connectivity index (χ3n) is 6.65. The van der Waals surface area contributed by atoms with Crippen LogP contribution in [0.4, 0.5) is 0 Å². The second-order valence-electron chi connectivity index (χ2n) is 8.84. The summed E-state index contributed by atoms with van der Waals surface area (Å²) >= 11 is 2.22. The van der Waals surface area contributed by atoms with Crippen molar-refractivity contribution in [2.45, 2.75) is 90.8 Å². The van der Waals surface area contributed by atoms with E-state index in [0.29, 0.717) is 18.2 Å². The van der Waals surface area contributed by atoms with Crippen LogP contribution >= 0.6 is 22.6 Å². The standard InChI is InChI=1S/C23H32INO4/c1-6-29-21(27)20(26)17-14(3)18-16(13(2)19(17)24)12-25(22(28)23(18,4)5)15-10-8-7-9-11-15/h15,20,26H,6-12H2,1-5H3/t20-/m0/s1. The zero-order valence-corrected chi connectivity index (χ0v) is 20.3. The number of ether oxygens (including phenoxy) is 1. The molecule has 0 bridgehead atoms.